The van der Waals surface area contributed by atoms with E-state index in [2.05, 4.69) is 5.32 Å². The number of aliphatic carboxylic acids is 1. The van der Waals surface area contributed by atoms with Gasteiger partial charge in [0.15, 0.2) is 0 Å². The number of hydrogen-bond acceptors (Lipinski definition) is 3. The molecular weight excluding hydrogens is 270 g/mol. The van der Waals surface area contributed by atoms with Crippen molar-refractivity contribution in [1.29, 1.82) is 0 Å². The molecule has 0 bridgehead atoms. The summed E-state index contributed by atoms with van der Waals surface area (Å²) in [5.41, 5.74) is 1.39. The highest BCUT2D eigenvalue weighted by atomic mass is 16.4. The molecule has 5 heteroatoms. The van der Waals surface area contributed by atoms with Gasteiger partial charge in [-0.1, -0.05) is 25.5 Å². The number of carbonyl (C=O) groups is 2. The molecule has 0 spiro atoms. The summed E-state index contributed by atoms with van der Waals surface area (Å²) >= 11 is 0. The number of nitrogens with one attached hydrogen (secondary N) is 1. The molecule has 1 saturated carbocycles. The van der Waals surface area contributed by atoms with E-state index >= 15 is 0 Å². The van der Waals surface area contributed by atoms with Gasteiger partial charge in [0.05, 0.1) is 18.4 Å². The Bertz CT molecular complexity index is 512. The van der Waals surface area contributed by atoms with Crippen molar-refractivity contribution in [3.8, 4) is 0 Å². The Labute approximate surface area is 124 Å². The van der Waals surface area contributed by atoms with E-state index in [9.17, 15) is 14.7 Å². The van der Waals surface area contributed by atoms with Crippen molar-refractivity contribution in [1.82, 2.24) is 0 Å². The van der Waals surface area contributed by atoms with Crippen LogP contribution >= 0.6 is 0 Å². The topological polar surface area (TPSA) is 86.6 Å². The minimum atomic E-state index is -0.887. The Balaban J connectivity index is 2.05. The average molecular weight is 291 g/mol. The first kappa shape index (κ1) is 15.5. The summed E-state index contributed by atoms with van der Waals surface area (Å²) in [5.74, 6) is -1.87. The van der Waals surface area contributed by atoms with Gasteiger partial charge in [0.1, 0.15) is 0 Å². The van der Waals surface area contributed by atoms with Gasteiger partial charge in [0, 0.05) is 5.69 Å². The van der Waals surface area contributed by atoms with Gasteiger partial charge in [-0.3, -0.25) is 9.59 Å². The monoisotopic (exact) mass is 291 g/mol. The molecule has 1 aromatic rings. The summed E-state index contributed by atoms with van der Waals surface area (Å²) in [7, 11) is 0. The van der Waals surface area contributed by atoms with Gasteiger partial charge in [-0.25, -0.2) is 0 Å². The van der Waals surface area contributed by atoms with Gasteiger partial charge in [-0.15, -0.1) is 0 Å². The molecule has 0 aliphatic heterocycles. The quantitative estimate of drug-likeness (QED) is 0.776. The van der Waals surface area contributed by atoms with Crippen LogP contribution in [0.4, 0.5) is 5.69 Å². The lowest BCUT2D eigenvalue weighted by Gasteiger charge is -2.15. The van der Waals surface area contributed by atoms with Gasteiger partial charge >= 0.3 is 5.97 Å². The van der Waals surface area contributed by atoms with Gasteiger partial charge in [0.2, 0.25) is 5.91 Å². The molecular formula is C16H21NO4. The van der Waals surface area contributed by atoms with Crippen LogP contribution in [-0.2, 0) is 16.2 Å². The third kappa shape index (κ3) is 3.61. The van der Waals surface area contributed by atoms with Crippen molar-refractivity contribution in [3.05, 3.63) is 29.8 Å². The van der Waals surface area contributed by atoms with Gasteiger partial charge in [0.25, 0.3) is 0 Å². The zero-order chi connectivity index (χ0) is 15.4. The second kappa shape index (κ2) is 6.72. The Kier molecular flexibility index (Phi) is 4.96. The van der Waals surface area contributed by atoms with E-state index in [-0.39, 0.29) is 12.5 Å². The van der Waals surface area contributed by atoms with E-state index < -0.39 is 17.8 Å². The third-order valence-corrected chi connectivity index (χ3v) is 4.30. The molecule has 1 aliphatic carbocycles. The maximum absolute atomic E-state index is 12.3. The predicted octanol–water partition coefficient (Wildman–Crippen LogP) is 2.25. The van der Waals surface area contributed by atoms with Crippen molar-refractivity contribution in [2.45, 2.75) is 32.8 Å². The van der Waals surface area contributed by atoms with Crippen molar-refractivity contribution in [2.24, 2.45) is 17.8 Å². The van der Waals surface area contributed by atoms with E-state index in [1.54, 1.807) is 24.3 Å². The van der Waals surface area contributed by atoms with Crippen molar-refractivity contribution in [2.75, 3.05) is 5.32 Å². The number of carbonyl (C=O) groups excluding carboxylic acids is 1. The molecule has 1 unspecified atom stereocenters. The molecule has 3 atom stereocenters. The van der Waals surface area contributed by atoms with Crippen LogP contribution in [0.5, 0.6) is 0 Å². The van der Waals surface area contributed by atoms with E-state index in [1.807, 2.05) is 6.92 Å². The van der Waals surface area contributed by atoms with Gasteiger partial charge < -0.3 is 15.5 Å². The number of anilines is 1. The van der Waals surface area contributed by atoms with Crippen LogP contribution in [-0.4, -0.2) is 22.1 Å². The molecule has 3 N–H and O–H groups in total. The van der Waals surface area contributed by atoms with E-state index in [1.165, 1.54) is 0 Å². The first-order chi connectivity index (χ1) is 10.0. The molecule has 0 radical (unpaired) electrons. The zero-order valence-corrected chi connectivity index (χ0v) is 12.1. The van der Waals surface area contributed by atoms with Crippen LogP contribution in [0.25, 0.3) is 0 Å². The number of carboxylic acid groups (broad SMARTS) is 1. The smallest absolute Gasteiger partial charge is 0.307 e. The number of hydrogen-bond donors (Lipinski definition) is 3. The van der Waals surface area contributed by atoms with Gasteiger partial charge in [-0.2, -0.15) is 0 Å². The number of benzene rings is 1. The molecule has 0 heterocycles. The second-order valence-corrected chi connectivity index (χ2v) is 5.64. The molecule has 21 heavy (non-hydrogen) atoms. The number of aliphatic hydroxyl groups excluding tert-OH is 1. The highest BCUT2D eigenvalue weighted by Crippen LogP contribution is 2.39. The van der Waals surface area contributed by atoms with Crippen LogP contribution in [0.2, 0.25) is 0 Å². The summed E-state index contributed by atoms with van der Waals surface area (Å²) < 4.78 is 0. The fraction of sp³-hybridized carbons (Fsp3) is 0.500. The van der Waals surface area contributed by atoms with Crippen molar-refractivity contribution >= 4 is 17.6 Å². The zero-order valence-electron chi connectivity index (χ0n) is 12.1. The maximum Gasteiger partial charge on any atom is 0.307 e. The van der Waals surface area contributed by atoms with Crippen LogP contribution in [0.1, 0.15) is 31.7 Å². The van der Waals surface area contributed by atoms with Crippen LogP contribution in [0, 0.1) is 17.8 Å². The van der Waals surface area contributed by atoms with E-state index in [4.69, 9.17) is 5.11 Å². The number of rotatable bonds is 5. The molecule has 1 fully saturated rings. The number of amides is 1. The molecule has 1 aromatic carbocycles. The minimum Gasteiger partial charge on any atom is -0.481 e. The maximum atomic E-state index is 12.3. The molecule has 2 rings (SSSR count). The SMILES string of the molecule is CCC1C[C@H](C(=O)Nc2ccc(CO)cc2)[C@H](C(=O)O)C1. The Hall–Kier alpha value is -1.88. The summed E-state index contributed by atoms with van der Waals surface area (Å²) in [5, 5.41) is 21.0. The third-order valence-electron chi connectivity index (χ3n) is 4.30. The average Bonchev–Trinajstić information content (AvgIpc) is 2.92. The highest BCUT2D eigenvalue weighted by molar-refractivity contribution is 5.95. The van der Waals surface area contributed by atoms with Crippen molar-refractivity contribution < 1.29 is 19.8 Å². The standard InChI is InChI=1S/C16H21NO4/c1-2-10-7-13(14(8-10)16(20)21)15(19)17-12-5-3-11(9-18)4-6-12/h3-6,10,13-14,18H,2,7-9H2,1H3,(H,17,19)(H,20,21)/t10?,13-,14+/m0/s1. The lowest BCUT2D eigenvalue weighted by atomic mass is 9.95. The largest absolute Gasteiger partial charge is 0.481 e. The molecule has 1 amide bonds. The van der Waals surface area contributed by atoms with Crippen LogP contribution < -0.4 is 5.32 Å². The van der Waals surface area contributed by atoms with Crippen molar-refractivity contribution in [3.63, 3.8) is 0 Å². The summed E-state index contributed by atoms with van der Waals surface area (Å²) in [6.07, 6.45) is 2.11. The van der Waals surface area contributed by atoms with Crippen LogP contribution in [0.3, 0.4) is 0 Å². The Morgan fingerprint density at radius 1 is 1.19 bits per heavy atom. The summed E-state index contributed by atoms with van der Waals surface area (Å²) in [6, 6.07) is 6.89. The predicted molar refractivity (Wildman–Crippen MR) is 78.6 cm³/mol. The van der Waals surface area contributed by atoms with Gasteiger partial charge in [-0.05, 0) is 36.5 Å². The fourth-order valence-corrected chi connectivity index (χ4v) is 2.97. The van der Waals surface area contributed by atoms with E-state index in [0.717, 1.165) is 12.0 Å². The first-order valence-corrected chi connectivity index (χ1v) is 7.28. The fourth-order valence-electron chi connectivity index (χ4n) is 2.97. The highest BCUT2D eigenvalue weighted by Gasteiger charge is 2.42. The Morgan fingerprint density at radius 3 is 2.33 bits per heavy atom. The summed E-state index contributed by atoms with van der Waals surface area (Å²) in [6.45, 7) is 1.98. The van der Waals surface area contributed by atoms with Crippen LogP contribution in [0.15, 0.2) is 24.3 Å². The second-order valence-electron chi connectivity index (χ2n) is 5.64. The molecule has 1 aliphatic rings. The molecule has 0 saturated heterocycles. The van der Waals surface area contributed by atoms with E-state index in [0.29, 0.717) is 24.4 Å². The normalized spacial score (nSPS) is 24.8. The lowest BCUT2D eigenvalue weighted by Crippen LogP contribution is -2.29. The molecule has 0 aromatic heterocycles. The molecule has 5 nitrogen and oxygen atoms in total. The molecule has 114 valence electrons. The first-order valence-electron chi connectivity index (χ1n) is 7.28. The Morgan fingerprint density at radius 2 is 1.81 bits per heavy atom. The minimum absolute atomic E-state index is 0.0455. The lowest BCUT2D eigenvalue weighted by molar-refractivity contribution is -0.145. The number of aliphatic hydroxyl groups is 1. The summed E-state index contributed by atoms with van der Waals surface area (Å²) in [4.78, 5) is 23.6. The number of carboxylic acids is 1.